The highest BCUT2D eigenvalue weighted by Gasteiger charge is 2.19. The summed E-state index contributed by atoms with van der Waals surface area (Å²) in [5.41, 5.74) is 0.836. The van der Waals surface area contributed by atoms with E-state index in [2.05, 4.69) is 10.0 Å². The van der Waals surface area contributed by atoms with Gasteiger partial charge in [0.05, 0.1) is 24.2 Å². The van der Waals surface area contributed by atoms with Gasteiger partial charge in [-0.25, -0.2) is 13.1 Å². The lowest BCUT2D eigenvalue weighted by atomic mass is 10.1. The fourth-order valence-electron chi connectivity index (χ4n) is 3.07. The number of hydrogen-bond acceptors (Lipinski definition) is 5. The van der Waals surface area contributed by atoms with Crippen LogP contribution in [0.1, 0.15) is 37.8 Å². The lowest BCUT2D eigenvalue weighted by Gasteiger charge is -2.15. The zero-order valence-electron chi connectivity index (χ0n) is 16.7. The Bertz CT molecular complexity index is 997. The molecule has 1 heterocycles. The van der Waals surface area contributed by atoms with Gasteiger partial charge < -0.3 is 14.8 Å². The number of nitrogens with one attached hydrogen (secondary N) is 2. The van der Waals surface area contributed by atoms with E-state index in [1.165, 1.54) is 12.1 Å². The molecule has 0 spiro atoms. The number of sulfonamides is 1. The van der Waals surface area contributed by atoms with Gasteiger partial charge in [0.25, 0.3) is 0 Å². The fourth-order valence-corrected chi connectivity index (χ4v) is 4.46. The number of amides is 1. The van der Waals surface area contributed by atoms with E-state index in [4.69, 9.17) is 21.1 Å². The van der Waals surface area contributed by atoms with Crippen LogP contribution >= 0.6 is 11.6 Å². The summed E-state index contributed by atoms with van der Waals surface area (Å²) >= 11 is 6.15. The SMILES string of the molecule is CC(NC(=O)CCCNS(=O)(=O)c1ccc2c(c1)OCCCO2)c1ccccc1Cl. The maximum absolute atomic E-state index is 12.5. The van der Waals surface area contributed by atoms with Gasteiger partial charge in [-0.3, -0.25) is 4.79 Å². The fraction of sp³-hybridized carbons (Fsp3) is 0.381. The Kier molecular flexibility index (Phi) is 7.58. The summed E-state index contributed by atoms with van der Waals surface area (Å²) in [7, 11) is -3.71. The Balaban J connectivity index is 1.48. The van der Waals surface area contributed by atoms with Crippen molar-refractivity contribution in [2.24, 2.45) is 0 Å². The van der Waals surface area contributed by atoms with Gasteiger partial charge in [0.1, 0.15) is 0 Å². The van der Waals surface area contributed by atoms with Crippen molar-refractivity contribution in [3.05, 3.63) is 53.1 Å². The van der Waals surface area contributed by atoms with Crippen molar-refractivity contribution in [3.63, 3.8) is 0 Å². The minimum absolute atomic E-state index is 0.101. The van der Waals surface area contributed by atoms with Crippen LogP contribution in [0.3, 0.4) is 0 Å². The maximum Gasteiger partial charge on any atom is 0.240 e. The summed E-state index contributed by atoms with van der Waals surface area (Å²) in [6.07, 6.45) is 1.30. The highest BCUT2D eigenvalue weighted by atomic mass is 35.5. The van der Waals surface area contributed by atoms with Crippen LogP contribution in [0.25, 0.3) is 0 Å². The van der Waals surface area contributed by atoms with Crippen molar-refractivity contribution in [2.75, 3.05) is 19.8 Å². The third-order valence-electron chi connectivity index (χ3n) is 4.65. The molecule has 0 aromatic heterocycles. The molecule has 0 radical (unpaired) electrons. The number of benzene rings is 2. The number of ether oxygens (including phenoxy) is 2. The number of hydrogen-bond donors (Lipinski definition) is 2. The molecule has 0 fully saturated rings. The quantitative estimate of drug-likeness (QED) is 0.598. The van der Waals surface area contributed by atoms with Gasteiger partial charge in [0.2, 0.25) is 15.9 Å². The second-order valence-electron chi connectivity index (χ2n) is 6.97. The first kappa shape index (κ1) is 22.4. The lowest BCUT2D eigenvalue weighted by Crippen LogP contribution is -2.29. The molecule has 30 heavy (non-hydrogen) atoms. The minimum atomic E-state index is -3.71. The van der Waals surface area contributed by atoms with E-state index in [-0.39, 0.29) is 29.8 Å². The number of fused-ring (bicyclic) bond motifs is 1. The summed E-state index contributed by atoms with van der Waals surface area (Å²) in [5, 5.41) is 3.47. The van der Waals surface area contributed by atoms with Crippen LogP contribution < -0.4 is 19.5 Å². The molecular formula is C21H25ClN2O5S. The molecule has 1 atom stereocenters. The van der Waals surface area contributed by atoms with E-state index >= 15 is 0 Å². The monoisotopic (exact) mass is 452 g/mol. The molecular weight excluding hydrogens is 428 g/mol. The predicted molar refractivity (Wildman–Crippen MR) is 114 cm³/mol. The topological polar surface area (TPSA) is 93.7 Å². The average molecular weight is 453 g/mol. The van der Waals surface area contributed by atoms with Gasteiger partial charge in [-0.2, -0.15) is 0 Å². The highest BCUT2D eigenvalue weighted by Crippen LogP contribution is 2.31. The predicted octanol–water partition coefficient (Wildman–Crippen LogP) is 3.44. The van der Waals surface area contributed by atoms with Crippen LogP contribution in [0.5, 0.6) is 11.5 Å². The van der Waals surface area contributed by atoms with E-state index < -0.39 is 10.0 Å². The normalized spacial score (nSPS) is 14.6. The van der Waals surface area contributed by atoms with Gasteiger partial charge in [0, 0.05) is 30.5 Å². The van der Waals surface area contributed by atoms with Gasteiger partial charge in [-0.15, -0.1) is 0 Å². The van der Waals surface area contributed by atoms with E-state index in [1.54, 1.807) is 12.1 Å². The lowest BCUT2D eigenvalue weighted by molar-refractivity contribution is -0.121. The van der Waals surface area contributed by atoms with Crippen molar-refractivity contribution < 1.29 is 22.7 Å². The van der Waals surface area contributed by atoms with E-state index in [0.717, 1.165) is 12.0 Å². The molecule has 3 rings (SSSR count). The van der Waals surface area contributed by atoms with Gasteiger partial charge in [-0.1, -0.05) is 29.8 Å². The molecule has 0 saturated heterocycles. The standard InChI is InChI=1S/C21H25ClN2O5S/c1-15(17-6-2-3-7-18(17)22)24-21(25)8-4-11-23-30(26,27)16-9-10-19-20(14-16)29-13-5-12-28-19/h2-3,6-7,9-10,14-15,23H,4-5,8,11-13H2,1H3,(H,24,25). The Morgan fingerprint density at radius 3 is 2.63 bits per heavy atom. The molecule has 9 heteroatoms. The summed E-state index contributed by atoms with van der Waals surface area (Å²) in [4.78, 5) is 12.3. The average Bonchev–Trinajstić information content (AvgIpc) is 2.96. The van der Waals surface area contributed by atoms with Crippen LogP contribution in [0, 0.1) is 0 Å². The number of halogens is 1. The van der Waals surface area contributed by atoms with Crippen molar-refractivity contribution in [3.8, 4) is 11.5 Å². The van der Waals surface area contributed by atoms with Crippen molar-refractivity contribution in [1.29, 1.82) is 0 Å². The zero-order chi connectivity index (χ0) is 21.6. The smallest absolute Gasteiger partial charge is 0.240 e. The molecule has 2 aromatic rings. The molecule has 1 aliphatic rings. The van der Waals surface area contributed by atoms with Gasteiger partial charge in [-0.05, 0) is 37.1 Å². The molecule has 2 N–H and O–H groups in total. The Hall–Kier alpha value is -2.29. The molecule has 1 aliphatic heterocycles. The van der Waals surface area contributed by atoms with Crippen LogP contribution in [0.15, 0.2) is 47.4 Å². The first-order valence-corrected chi connectivity index (χ1v) is 11.7. The van der Waals surface area contributed by atoms with E-state index in [9.17, 15) is 13.2 Å². The van der Waals surface area contributed by atoms with Crippen molar-refractivity contribution in [1.82, 2.24) is 10.0 Å². The van der Waals surface area contributed by atoms with E-state index in [1.807, 2.05) is 25.1 Å². The van der Waals surface area contributed by atoms with Crippen molar-refractivity contribution >= 4 is 27.5 Å². The number of rotatable bonds is 8. The number of carbonyl (C=O) groups is 1. The first-order valence-electron chi connectivity index (χ1n) is 9.80. The minimum Gasteiger partial charge on any atom is -0.490 e. The second kappa shape index (κ2) is 10.1. The number of carbonyl (C=O) groups excluding carboxylic acids is 1. The molecule has 1 unspecified atom stereocenters. The summed E-state index contributed by atoms with van der Waals surface area (Å²) in [5.74, 6) is 0.788. The van der Waals surface area contributed by atoms with Gasteiger partial charge >= 0.3 is 0 Å². The third kappa shape index (κ3) is 5.87. The molecule has 162 valence electrons. The largest absolute Gasteiger partial charge is 0.490 e. The molecule has 2 aromatic carbocycles. The summed E-state index contributed by atoms with van der Waals surface area (Å²) in [6, 6.07) is 11.6. The Labute approximate surface area is 181 Å². The van der Waals surface area contributed by atoms with Crippen molar-refractivity contribution in [2.45, 2.75) is 37.1 Å². The van der Waals surface area contributed by atoms with E-state index in [0.29, 0.717) is 36.2 Å². The van der Waals surface area contributed by atoms with Crippen LogP contribution in [-0.4, -0.2) is 34.1 Å². The van der Waals surface area contributed by atoms with Gasteiger partial charge in [0.15, 0.2) is 11.5 Å². The van der Waals surface area contributed by atoms with Crippen LogP contribution in [0.2, 0.25) is 5.02 Å². The van der Waals surface area contributed by atoms with Crippen LogP contribution in [-0.2, 0) is 14.8 Å². The third-order valence-corrected chi connectivity index (χ3v) is 6.45. The summed E-state index contributed by atoms with van der Waals surface area (Å²) in [6.45, 7) is 3.01. The molecule has 0 bridgehead atoms. The Morgan fingerprint density at radius 2 is 1.87 bits per heavy atom. The zero-order valence-corrected chi connectivity index (χ0v) is 18.3. The van der Waals surface area contributed by atoms with Crippen LogP contribution in [0.4, 0.5) is 0 Å². The molecule has 7 nitrogen and oxygen atoms in total. The molecule has 0 aliphatic carbocycles. The Morgan fingerprint density at radius 1 is 1.13 bits per heavy atom. The molecule has 1 amide bonds. The first-order chi connectivity index (χ1) is 14.4. The highest BCUT2D eigenvalue weighted by molar-refractivity contribution is 7.89. The maximum atomic E-state index is 12.5. The molecule has 0 saturated carbocycles. The second-order valence-corrected chi connectivity index (χ2v) is 9.15. The summed E-state index contributed by atoms with van der Waals surface area (Å²) < 4.78 is 38.6.